The van der Waals surface area contributed by atoms with Gasteiger partial charge in [0.1, 0.15) is 0 Å². The third kappa shape index (κ3) is 4.32. The molecule has 1 atom stereocenters. The zero-order chi connectivity index (χ0) is 25.4. The Morgan fingerprint density at radius 1 is 1.03 bits per heavy atom. The Bertz CT molecular complexity index is 1380. The number of halogens is 1. The third-order valence-electron chi connectivity index (χ3n) is 6.68. The fourth-order valence-electron chi connectivity index (χ4n) is 4.75. The van der Waals surface area contributed by atoms with E-state index in [0.29, 0.717) is 21.9 Å². The normalized spacial score (nSPS) is 15.8. The van der Waals surface area contributed by atoms with Crippen molar-refractivity contribution in [3.05, 3.63) is 105 Å². The van der Waals surface area contributed by atoms with Gasteiger partial charge in [0.2, 0.25) is 0 Å². The summed E-state index contributed by atoms with van der Waals surface area (Å²) in [6.45, 7) is 9.72. The third-order valence-corrected chi connectivity index (χ3v) is 7.09. The standard InChI is InChI=1S/C29H29ClN2O3/c1-17-12-13-24(16-26(17)30)31-18(2)14-23(20(31)4)15-25-27(29(34)35-6)21(5)32(28(25)33)19(3)22-10-8-7-9-11-22/h7-16,19H,1-6H3. The van der Waals surface area contributed by atoms with E-state index in [4.69, 9.17) is 16.3 Å². The lowest BCUT2D eigenvalue weighted by Gasteiger charge is -2.26. The first-order valence-electron chi connectivity index (χ1n) is 11.5. The lowest BCUT2D eigenvalue weighted by Crippen LogP contribution is -2.28. The molecule has 1 aliphatic heterocycles. The van der Waals surface area contributed by atoms with Crippen LogP contribution >= 0.6 is 11.6 Å². The average molecular weight is 489 g/mol. The quantitative estimate of drug-likeness (QED) is 0.304. The summed E-state index contributed by atoms with van der Waals surface area (Å²) in [5.74, 6) is -0.744. The maximum atomic E-state index is 13.7. The topological polar surface area (TPSA) is 51.5 Å². The molecule has 0 N–H and O–H groups in total. The number of allylic oxidation sites excluding steroid dienone is 1. The highest BCUT2D eigenvalue weighted by Gasteiger charge is 2.39. The van der Waals surface area contributed by atoms with Crippen LogP contribution in [0.2, 0.25) is 5.02 Å². The highest BCUT2D eigenvalue weighted by Crippen LogP contribution is 2.38. The van der Waals surface area contributed by atoms with Crippen molar-refractivity contribution in [2.24, 2.45) is 0 Å². The highest BCUT2D eigenvalue weighted by molar-refractivity contribution is 6.31. The fraction of sp³-hybridized carbons (Fsp3) is 0.241. The Labute approximate surface area is 211 Å². The second kappa shape index (κ2) is 9.59. The molecule has 0 aliphatic carbocycles. The molecule has 0 saturated heterocycles. The highest BCUT2D eigenvalue weighted by atomic mass is 35.5. The van der Waals surface area contributed by atoms with Gasteiger partial charge in [0, 0.05) is 27.8 Å². The van der Waals surface area contributed by atoms with E-state index in [9.17, 15) is 9.59 Å². The number of ether oxygens (including phenoxy) is 1. The Balaban J connectivity index is 1.82. The molecule has 3 aromatic rings. The van der Waals surface area contributed by atoms with Crippen LogP contribution in [0, 0.1) is 20.8 Å². The minimum absolute atomic E-state index is 0.220. The number of nitrogens with zero attached hydrogens (tertiary/aromatic N) is 2. The van der Waals surface area contributed by atoms with Crippen molar-refractivity contribution in [1.29, 1.82) is 0 Å². The van der Waals surface area contributed by atoms with Gasteiger partial charge in [-0.1, -0.05) is 48.0 Å². The van der Waals surface area contributed by atoms with Crippen LogP contribution in [0.25, 0.3) is 11.8 Å². The van der Waals surface area contributed by atoms with Crippen molar-refractivity contribution < 1.29 is 14.3 Å². The maximum Gasteiger partial charge on any atom is 0.340 e. The van der Waals surface area contributed by atoms with E-state index in [1.54, 1.807) is 17.9 Å². The molecule has 1 amide bonds. The van der Waals surface area contributed by atoms with Crippen molar-refractivity contribution in [1.82, 2.24) is 9.47 Å². The summed E-state index contributed by atoms with van der Waals surface area (Å²) in [4.78, 5) is 28.2. The van der Waals surface area contributed by atoms with Gasteiger partial charge in [0.15, 0.2) is 0 Å². The SMILES string of the molecule is COC(=O)C1=C(C)N(C(C)c2ccccc2)C(=O)C1=Cc1cc(C)n(-c2ccc(C)c(Cl)c2)c1C. The number of benzene rings is 2. The molecule has 1 aliphatic rings. The number of carbonyl (C=O) groups is 2. The number of aryl methyl sites for hydroxylation is 2. The number of methoxy groups -OCH3 is 1. The van der Waals surface area contributed by atoms with Crippen molar-refractivity contribution in [2.75, 3.05) is 7.11 Å². The minimum atomic E-state index is -0.524. The average Bonchev–Trinajstić information content (AvgIpc) is 3.26. The Morgan fingerprint density at radius 2 is 1.71 bits per heavy atom. The van der Waals surface area contributed by atoms with Crippen LogP contribution in [0.5, 0.6) is 0 Å². The molecule has 0 bridgehead atoms. The van der Waals surface area contributed by atoms with E-state index in [-0.39, 0.29) is 11.9 Å². The van der Waals surface area contributed by atoms with Gasteiger partial charge >= 0.3 is 5.97 Å². The van der Waals surface area contributed by atoms with Crippen LogP contribution in [0.15, 0.2) is 71.4 Å². The molecule has 35 heavy (non-hydrogen) atoms. The van der Waals surface area contributed by atoms with Gasteiger partial charge in [-0.05, 0) is 75.6 Å². The predicted octanol–water partition coefficient (Wildman–Crippen LogP) is 6.49. The molecular formula is C29H29ClN2O3. The number of rotatable bonds is 5. The molecule has 0 saturated carbocycles. The maximum absolute atomic E-state index is 13.7. The molecule has 1 unspecified atom stereocenters. The van der Waals surface area contributed by atoms with Gasteiger partial charge < -0.3 is 14.2 Å². The van der Waals surface area contributed by atoms with Crippen molar-refractivity contribution in [2.45, 2.75) is 40.7 Å². The van der Waals surface area contributed by atoms with Crippen molar-refractivity contribution in [3.63, 3.8) is 0 Å². The molecular weight excluding hydrogens is 460 g/mol. The van der Waals surface area contributed by atoms with Crippen LogP contribution < -0.4 is 0 Å². The largest absolute Gasteiger partial charge is 0.465 e. The van der Waals surface area contributed by atoms with Crippen LogP contribution in [0.4, 0.5) is 0 Å². The molecule has 2 heterocycles. The summed E-state index contributed by atoms with van der Waals surface area (Å²) < 4.78 is 7.16. The lowest BCUT2D eigenvalue weighted by atomic mass is 10.0. The Kier molecular flexibility index (Phi) is 6.73. The van der Waals surface area contributed by atoms with E-state index in [1.807, 2.05) is 82.3 Å². The van der Waals surface area contributed by atoms with Crippen LogP contribution in [0.3, 0.4) is 0 Å². The van der Waals surface area contributed by atoms with E-state index < -0.39 is 5.97 Å². The minimum Gasteiger partial charge on any atom is -0.465 e. The number of hydrogen-bond acceptors (Lipinski definition) is 3. The molecule has 0 fully saturated rings. The number of carbonyl (C=O) groups excluding carboxylic acids is 2. The first-order valence-corrected chi connectivity index (χ1v) is 11.9. The molecule has 1 aromatic heterocycles. The summed E-state index contributed by atoms with van der Waals surface area (Å²) in [6.07, 6.45) is 1.80. The first-order chi connectivity index (χ1) is 16.6. The van der Waals surface area contributed by atoms with Gasteiger partial charge in [-0.15, -0.1) is 0 Å². The number of esters is 1. The molecule has 0 spiro atoms. The summed E-state index contributed by atoms with van der Waals surface area (Å²) >= 11 is 6.38. The first kappa shape index (κ1) is 24.6. The summed E-state index contributed by atoms with van der Waals surface area (Å²) in [7, 11) is 1.33. The fourth-order valence-corrected chi connectivity index (χ4v) is 4.93. The Hall–Kier alpha value is -3.57. The monoisotopic (exact) mass is 488 g/mol. The molecule has 2 aromatic carbocycles. The summed E-state index contributed by atoms with van der Waals surface area (Å²) in [5.41, 5.74) is 6.94. The van der Waals surface area contributed by atoms with Crippen LogP contribution in [-0.2, 0) is 14.3 Å². The molecule has 4 rings (SSSR count). The van der Waals surface area contributed by atoms with Crippen LogP contribution in [0.1, 0.15) is 48.0 Å². The molecule has 0 radical (unpaired) electrons. The zero-order valence-corrected chi connectivity index (χ0v) is 21.6. The molecule has 180 valence electrons. The van der Waals surface area contributed by atoms with E-state index in [2.05, 4.69) is 4.57 Å². The zero-order valence-electron chi connectivity index (χ0n) is 20.8. The second-order valence-electron chi connectivity index (χ2n) is 8.87. The summed E-state index contributed by atoms with van der Waals surface area (Å²) in [5, 5.41) is 0.693. The van der Waals surface area contributed by atoms with Crippen LogP contribution in [-0.4, -0.2) is 28.5 Å². The predicted molar refractivity (Wildman–Crippen MR) is 139 cm³/mol. The van der Waals surface area contributed by atoms with Gasteiger partial charge in [0.25, 0.3) is 5.91 Å². The van der Waals surface area contributed by atoms with Gasteiger partial charge in [-0.2, -0.15) is 0 Å². The smallest absolute Gasteiger partial charge is 0.340 e. The van der Waals surface area contributed by atoms with Crippen molar-refractivity contribution >= 4 is 29.6 Å². The van der Waals surface area contributed by atoms with Crippen molar-refractivity contribution in [3.8, 4) is 5.69 Å². The van der Waals surface area contributed by atoms with Gasteiger partial charge in [-0.25, -0.2) is 4.79 Å². The molecule has 5 nitrogen and oxygen atoms in total. The number of hydrogen-bond donors (Lipinski definition) is 0. The number of aromatic nitrogens is 1. The Morgan fingerprint density at radius 3 is 2.34 bits per heavy atom. The second-order valence-corrected chi connectivity index (χ2v) is 9.27. The van der Waals surface area contributed by atoms with Gasteiger partial charge in [0.05, 0.1) is 24.3 Å². The van der Waals surface area contributed by atoms with E-state index in [1.165, 1.54) is 7.11 Å². The van der Waals surface area contributed by atoms with E-state index in [0.717, 1.165) is 33.8 Å². The van der Waals surface area contributed by atoms with Gasteiger partial charge in [-0.3, -0.25) is 4.79 Å². The lowest BCUT2D eigenvalue weighted by molar-refractivity contribution is -0.136. The van der Waals surface area contributed by atoms with E-state index >= 15 is 0 Å². The molecule has 6 heteroatoms. The summed E-state index contributed by atoms with van der Waals surface area (Å²) in [6, 6.07) is 17.5. The number of amides is 1.